The Morgan fingerprint density at radius 1 is 1.44 bits per heavy atom. The van der Waals surface area contributed by atoms with E-state index >= 15 is 0 Å². The Balaban J connectivity index is 2.48. The second-order valence-corrected chi connectivity index (χ2v) is 4.09. The topological polar surface area (TPSA) is 47.3 Å². The minimum Gasteiger partial charge on any atom is -0.481 e. The molecular weight excluding hydrogens is 235 g/mol. The Bertz CT molecular complexity index is 566. The van der Waals surface area contributed by atoms with Crippen molar-refractivity contribution in [1.29, 1.82) is 0 Å². The molecule has 0 amide bonds. The summed E-state index contributed by atoms with van der Waals surface area (Å²) in [5.74, 6) is 0.0938. The molecule has 18 heavy (non-hydrogen) atoms. The van der Waals surface area contributed by atoms with E-state index in [1.165, 1.54) is 19.2 Å². The lowest BCUT2D eigenvalue weighted by molar-refractivity contribution is 0.212. The van der Waals surface area contributed by atoms with Gasteiger partial charge in [0.05, 0.1) is 18.4 Å². The lowest BCUT2D eigenvalue weighted by atomic mass is 10.0. The number of aryl methyl sites for hydroxylation is 2. The van der Waals surface area contributed by atoms with Gasteiger partial charge in [0.25, 0.3) is 0 Å². The first-order chi connectivity index (χ1) is 8.54. The number of halogens is 1. The Morgan fingerprint density at radius 3 is 2.78 bits per heavy atom. The number of benzene rings is 1. The first-order valence-corrected chi connectivity index (χ1v) is 5.55. The quantitative estimate of drug-likeness (QED) is 0.905. The van der Waals surface area contributed by atoms with Crippen LogP contribution in [0.3, 0.4) is 0 Å². The van der Waals surface area contributed by atoms with Gasteiger partial charge < -0.3 is 9.84 Å². The van der Waals surface area contributed by atoms with Crippen molar-refractivity contribution in [3.05, 3.63) is 46.9 Å². The van der Waals surface area contributed by atoms with Crippen LogP contribution in [0.25, 0.3) is 0 Å². The molecule has 1 N–H and O–H groups in total. The van der Waals surface area contributed by atoms with Crippen molar-refractivity contribution in [2.75, 3.05) is 7.11 Å². The van der Waals surface area contributed by atoms with Gasteiger partial charge in [-0.05, 0) is 24.6 Å². The van der Waals surface area contributed by atoms with Gasteiger partial charge >= 0.3 is 0 Å². The molecule has 5 heteroatoms. The van der Waals surface area contributed by atoms with Gasteiger partial charge in [-0.25, -0.2) is 9.07 Å². The van der Waals surface area contributed by atoms with Crippen molar-refractivity contribution in [3.63, 3.8) is 0 Å². The largest absolute Gasteiger partial charge is 0.481 e. The molecule has 2 aromatic rings. The summed E-state index contributed by atoms with van der Waals surface area (Å²) in [6.07, 6.45) is -0.954. The van der Waals surface area contributed by atoms with E-state index in [4.69, 9.17) is 4.74 Å². The van der Waals surface area contributed by atoms with E-state index in [9.17, 15) is 9.50 Å². The Morgan fingerprint density at radius 2 is 2.17 bits per heavy atom. The lowest BCUT2D eigenvalue weighted by Gasteiger charge is -2.12. The van der Waals surface area contributed by atoms with Crippen LogP contribution in [-0.4, -0.2) is 22.0 Å². The van der Waals surface area contributed by atoms with Crippen LogP contribution < -0.4 is 4.74 Å². The number of aliphatic hydroxyl groups excluding tert-OH is 1. The highest BCUT2D eigenvalue weighted by Gasteiger charge is 2.23. The first-order valence-electron chi connectivity index (χ1n) is 5.55. The van der Waals surface area contributed by atoms with E-state index in [1.807, 2.05) is 0 Å². The third-order valence-electron chi connectivity index (χ3n) is 2.85. The maximum Gasteiger partial charge on any atom is 0.217 e. The zero-order valence-electron chi connectivity index (χ0n) is 10.5. The van der Waals surface area contributed by atoms with Crippen LogP contribution in [0, 0.1) is 12.7 Å². The maximum absolute atomic E-state index is 13.2. The van der Waals surface area contributed by atoms with Crippen molar-refractivity contribution in [2.24, 2.45) is 7.05 Å². The molecular formula is C13H15FN2O2. The predicted molar refractivity (Wildman–Crippen MR) is 65.0 cm³/mol. The molecule has 0 aliphatic rings. The molecule has 0 fully saturated rings. The highest BCUT2D eigenvalue weighted by atomic mass is 19.1. The van der Waals surface area contributed by atoms with E-state index in [2.05, 4.69) is 5.10 Å². The lowest BCUT2D eigenvalue weighted by Crippen LogP contribution is -2.04. The average Bonchev–Trinajstić information content (AvgIpc) is 2.62. The van der Waals surface area contributed by atoms with Crippen molar-refractivity contribution < 1.29 is 14.2 Å². The van der Waals surface area contributed by atoms with Gasteiger partial charge in [-0.15, -0.1) is 0 Å². The van der Waals surface area contributed by atoms with Gasteiger partial charge in [0.1, 0.15) is 11.9 Å². The van der Waals surface area contributed by atoms with Gasteiger partial charge in [-0.2, -0.15) is 5.10 Å². The van der Waals surface area contributed by atoms with E-state index in [0.717, 1.165) is 0 Å². The fourth-order valence-electron chi connectivity index (χ4n) is 2.05. The van der Waals surface area contributed by atoms with Crippen molar-refractivity contribution in [3.8, 4) is 5.88 Å². The standard InChI is InChI=1S/C13H15FN2O2/c1-8-11(13(18-3)16(2)15-8)12(17)9-5-4-6-10(14)7-9/h4-7,12,17H,1-3H3. The van der Waals surface area contributed by atoms with E-state index in [-0.39, 0.29) is 5.82 Å². The third kappa shape index (κ3) is 2.09. The number of nitrogens with zero attached hydrogens (tertiary/aromatic N) is 2. The van der Waals surface area contributed by atoms with Crippen LogP contribution >= 0.6 is 0 Å². The number of methoxy groups -OCH3 is 1. The van der Waals surface area contributed by atoms with Gasteiger partial charge in [-0.3, -0.25) is 0 Å². The number of aromatic nitrogens is 2. The summed E-state index contributed by atoms with van der Waals surface area (Å²) in [6, 6.07) is 5.87. The van der Waals surface area contributed by atoms with Crippen molar-refractivity contribution in [1.82, 2.24) is 9.78 Å². The summed E-state index contributed by atoms with van der Waals surface area (Å²) in [6.45, 7) is 1.78. The Labute approximate surface area is 105 Å². The Kier molecular flexibility index (Phi) is 3.34. The van der Waals surface area contributed by atoms with Crippen LogP contribution in [-0.2, 0) is 7.05 Å². The summed E-state index contributed by atoms with van der Waals surface area (Å²) >= 11 is 0. The smallest absolute Gasteiger partial charge is 0.217 e. The maximum atomic E-state index is 13.2. The number of rotatable bonds is 3. The summed E-state index contributed by atoms with van der Waals surface area (Å²) < 4.78 is 19.9. The zero-order chi connectivity index (χ0) is 13.3. The van der Waals surface area contributed by atoms with E-state index in [0.29, 0.717) is 22.7 Å². The van der Waals surface area contributed by atoms with E-state index in [1.54, 1.807) is 30.8 Å². The highest BCUT2D eigenvalue weighted by Crippen LogP contribution is 2.32. The molecule has 2 rings (SSSR count). The second-order valence-electron chi connectivity index (χ2n) is 4.09. The summed E-state index contributed by atoms with van der Waals surface area (Å²) in [5, 5.41) is 14.5. The third-order valence-corrected chi connectivity index (χ3v) is 2.85. The number of hydrogen-bond donors (Lipinski definition) is 1. The van der Waals surface area contributed by atoms with Crippen LogP contribution in [0.5, 0.6) is 5.88 Å². The average molecular weight is 250 g/mol. The molecule has 0 saturated heterocycles. The molecule has 1 unspecified atom stereocenters. The molecule has 0 radical (unpaired) electrons. The van der Waals surface area contributed by atoms with Crippen LogP contribution in [0.15, 0.2) is 24.3 Å². The molecule has 1 atom stereocenters. The zero-order valence-corrected chi connectivity index (χ0v) is 10.5. The molecule has 1 aromatic heterocycles. The SMILES string of the molecule is COc1c(C(O)c2cccc(F)c2)c(C)nn1C. The predicted octanol–water partition coefficient (Wildman–Crippen LogP) is 1.96. The van der Waals surface area contributed by atoms with Gasteiger partial charge in [0, 0.05) is 7.05 Å². The molecule has 0 aliphatic carbocycles. The molecule has 0 bridgehead atoms. The van der Waals surface area contributed by atoms with Gasteiger partial charge in [-0.1, -0.05) is 12.1 Å². The molecule has 96 valence electrons. The van der Waals surface area contributed by atoms with Gasteiger partial charge in [0.15, 0.2) is 0 Å². The molecule has 0 saturated carbocycles. The minimum atomic E-state index is -0.954. The van der Waals surface area contributed by atoms with Gasteiger partial charge in [0.2, 0.25) is 5.88 Å². The summed E-state index contributed by atoms with van der Waals surface area (Å²) in [4.78, 5) is 0. The highest BCUT2D eigenvalue weighted by molar-refractivity contribution is 5.39. The summed E-state index contributed by atoms with van der Waals surface area (Å²) in [7, 11) is 3.24. The molecule has 1 heterocycles. The van der Waals surface area contributed by atoms with Crippen molar-refractivity contribution in [2.45, 2.75) is 13.0 Å². The minimum absolute atomic E-state index is 0.382. The summed E-state index contributed by atoms with van der Waals surface area (Å²) in [5.41, 5.74) is 1.70. The fraction of sp³-hybridized carbons (Fsp3) is 0.308. The fourth-order valence-corrected chi connectivity index (χ4v) is 2.05. The Hall–Kier alpha value is -1.88. The number of aliphatic hydroxyl groups is 1. The van der Waals surface area contributed by atoms with Crippen LogP contribution in [0.1, 0.15) is 22.9 Å². The monoisotopic (exact) mass is 250 g/mol. The first kappa shape index (κ1) is 12.6. The second kappa shape index (κ2) is 4.78. The number of hydrogen-bond acceptors (Lipinski definition) is 3. The van der Waals surface area contributed by atoms with Crippen molar-refractivity contribution >= 4 is 0 Å². The molecule has 4 nitrogen and oxygen atoms in total. The normalized spacial score (nSPS) is 12.5. The number of ether oxygens (including phenoxy) is 1. The van der Waals surface area contributed by atoms with Crippen LogP contribution in [0.4, 0.5) is 4.39 Å². The molecule has 0 spiro atoms. The molecule has 1 aromatic carbocycles. The molecule has 0 aliphatic heterocycles. The van der Waals surface area contributed by atoms with Crippen LogP contribution in [0.2, 0.25) is 0 Å². The van der Waals surface area contributed by atoms with E-state index < -0.39 is 6.10 Å².